The van der Waals surface area contributed by atoms with Crippen LogP contribution in [0.25, 0.3) is 0 Å². The average molecular weight is 210 g/mol. The molecule has 0 amide bonds. The van der Waals surface area contributed by atoms with Gasteiger partial charge < -0.3 is 10.2 Å². The Hall–Kier alpha value is -0.0800. The fourth-order valence-electron chi connectivity index (χ4n) is 2.74. The van der Waals surface area contributed by atoms with Crippen LogP contribution in [0.4, 0.5) is 0 Å². The Balaban J connectivity index is 1.64. The first-order valence-corrected chi connectivity index (χ1v) is 6.78. The lowest BCUT2D eigenvalue weighted by Crippen LogP contribution is -2.46. The molecule has 1 aliphatic carbocycles. The van der Waals surface area contributed by atoms with Gasteiger partial charge in [-0.25, -0.2) is 0 Å². The molecule has 1 saturated carbocycles. The molecule has 2 heteroatoms. The number of hydrogen-bond acceptors (Lipinski definition) is 2. The summed E-state index contributed by atoms with van der Waals surface area (Å²) < 4.78 is 0. The third-order valence-corrected chi connectivity index (χ3v) is 3.96. The van der Waals surface area contributed by atoms with Gasteiger partial charge in [-0.2, -0.15) is 0 Å². The van der Waals surface area contributed by atoms with Crippen molar-refractivity contribution in [1.82, 2.24) is 10.2 Å². The summed E-state index contributed by atoms with van der Waals surface area (Å²) in [6.07, 6.45) is 6.94. The molecule has 0 aromatic rings. The molecular formula is C13H26N2. The molecule has 0 spiro atoms. The topological polar surface area (TPSA) is 15.3 Å². The quantitative estimate of drug-likeness (QED) is 0.749. The molecule has 1 heterocycles. The third kappa shape index (κ3) is 3.46. The van der Waals surface area contributed by atoms with Crippen molar-refractivity contribution in [3.8, 4) is 0 Å². The van der Waals surface area contributed by atoms with E-state index in [9.17, 15) is 0 Å². The van der Waals surface area contributed by atoms with Crippen molar-refractivity contribution in [1.29, 1.82) is 0 Å². The van der Waals surface area contributed by atoms with Crippen LogP contribution in [0.15, 0.2) is 0 Å². The molecule has 2 nitrogen and oxygen atoms in total. The van der Waals surface area contributed by atoms with Crippen LogP contribution in [-0.2, 0) is 0 Å². The van der Waals surface area contributed by atoms with E-state index >= 15 is 0 Å². The van der Waals surface area contributed by atoms with Gasteiger partial charge in [0.1, 0.15) is 0 Å². The lowest BCUT2D eigenvalue weighted by atomic mass is 10.0. The maximum atomic E-state index is 3.82. The minimum atomic E-state index is 0.771. The summed E-state index contributed by atoms with van der Waals surface area (Å²) in [6.45, 7) is 8.56. The van der Waals surface area contributed by atoms with E-state index in [1.54, 1.807) is 0 Å². The van der Waals surface area contributed by atoms with Crippen LogP contribution in [-0.4, -0.2) is 36.6 Å². The van der Waals surface area contributed by atoms with Gasteiger partial charge in [0.15, 0.2) is 0 Å². The molecule has 2 rings (SSSR count). The second kappa shape index (κ2) is 5.31. The molecule has 1 atom stereocenters. The standard InChI is InChI=1S/C13H26N2/c1-3-8-15-9-6-13(7-10-15)14-11(2)12-4-5-12/h11-14H,3-10H2,1-2H3. The highest BCUT2D eigenvalue weighted by molar-refractivity contribution is 4.87. The number of nitrogens with zero attached hydrogens (tertiary/aromatic N) is 1. The number of hydrogen-bond donors (Lipinski definition) is 1. The van der Waals surface area contributed by atoms with E-state index in [4.69, 9.17) is 0 Å². The summed E-state index contributed by atoms with van der Waals surface area (Å²) >= 11 is 0. The minimum Gasteiger partial charge on any atom is -0.311 e. The fraction of sp³-hybridized carbons (Fsp3) is 1.00. The van der Waals surface area contributed by atoms with Crippen molar-refractivity contribution in [2.24, 2.45) is 5.92 Å². The second-order valence-electron chi connectivity index (χ2n) is 5.41. The Morgan fingerprint density at radius 3 is 2.40 bits per heavy atom. The molecule has 15 heavy (non-hydrogen) atoms. The van der Waals surface area contributed by atoms with E-state index < -0.39 is 0 Å². The van der Waals surface area contributed by atoms with Gasteiger partial charge in [-0.1, -0.05) is 6.92 Å². The van der Waals surface area contributed by atoms with E-state index in [1.807, 2.05) is 0 Å². The van der Waals surface area contributed by atoms with Gasteiger partial charge in [-0.3, -0.25) is 0 Å². The molecule has 2 aliphatic rings. The predicted octanol–water partition coefficient (Wildman–Crippen LogP) is 2.25. The van der Waals surface area contributed by atoms with E-state index in [0.717, 1.165) is 18.0 Å². The van der Waals surface area contributed by atoms with Crippen molar-refractivity contribution in [2.45, 2.75) is 58.0 Å². The largest absolute Gasteiger partial charge is 0.311 e. The predicted molar refractivity (Wildman–Crippen MR) is 65.1 cm³/mol. The van der Waals surface area contributed by atoms with Crippen molar-refractivity contribution >= 4 is 0 Å². The molecule has 1 N–H and O–H groups in total. The minimum absolute atomic E-state index is 0.771. The monoisotopic (exact) mass is 210 g/mol. The summed E-state index contributed by atoms with van der Waals surface area (Å²) in [7, 11) is 0. The Kier molecular flexibility index (Phi) is 4.04. The van der Waals surface area contributed by atoms with E-state index in [-0.39, 0.29) is 0 Å². The molecule has 0 aromatic carbocycles. The highest BCUT2D eigenvalue weighted by atomic mass is 15.1. The molecule has 88 valence electrons. The van der Waals surface area contributed by atoms with E-state index in [1.165, 1.54) is 51.7 Å². The lowest BCUT2D eigenvalue weighted by molar-refractivity contribution is 0.190. The van der Waals surface area contributed by atoms with Crippen LogP contribution in [0.1, 0.15) is 46.0 Å². The zero-order valence-electron chi connectivity index (χ0n) is 10.3. The molecule has 0 radical (unpaired) electrons. The molecule has 1 saturated heterocycles. The number of nitrogens with one attached hydrogen (secondary N) is 1. The molecule has 1 unspecified atom stereocenters. The molecular weight excluding hydrogens is 184 g/mol. The maximum Gasteiger partial charge on any atom is 0.00940 e. The maximum absolute atomic E-state index is 3.82. The molecule has 0 bridgehead atoms. The fourth-order valence-corrected chi connectivity index (χ4v) is 2.74. The van der Waals surface area contributed by atoms with Crippen LogP contribution in [0.2, 0.25) is 0 Å². The zero-order valence-corrected chi connectivity index (χ0v) is 10.3. The normalized spacial score (nSPS) is 26.8. The lowest BCUT2D eigenvalue weighted by Gasteiger charge is -2.33. The van der Waals surface area contributed by atoms with Gasteiger partial charge in [-0.15, -0.1) is 0 Å². The first kappa shape index (κ1) is 11.4. The Labute approximate surface area is 94.4 Å². The second-order valence-corrected chi connectivity index (χ2v) is 5.41. The highest BCUT2D eigenvalue weighted by Gasteiger charge is 2.30. The van der Waals surface area contributed by atoms with Gasteiger partial charge in [0.2, 0.25) is 0 Å². The summed E-state index contributed by atoms with van der Waals surface area (Å²) in [5.74, 6) is 0.999. The number of rotatable bonds is 5. The smallest absolute Gasteiger partial charge is 0.00940 e. The van der Waals surface area contributed by atoms with Gasteiger partial charge >= 0.3 is 0 Å². The van der Waals surface area contributed by atoms with E-state index in [2.05, 4.69) is 24.1 Å². The van der Waals surface area contributed by atoms with Crippen molar-refractivity contribution in [3.05, 3.63) is 0 Å². The van der Waals surface area contributed by atoms with Crippen LogP contribution in [0, 0.1) is 5.92 Å². The van der Waals surface area contributed by atoms with Crippen LogP contribution in [0.3, 0.4) is 0 Å². The number of likely N-dealkylation sites (tertiary alicyclic amines) is 1. The van der Waals surface area contributed by atoms with Gasteiger partial charge in [0, 0.05) is 12.1 Å². The Bertz CT molecular complexity index is 181. The van der Waals surface area contributed by atoms with Crippen LogP contribution >= 0.6 is 0 Å². The van der Waals surface area contributed by atoms with Gasteiger partial charge in [-0.05, 0) is 64.6 Å². The molecule has 1 aliphatic heterocycles. The molecule has 0 aromatic heterocycles. The van der Waals surface area contributed by atoms with E-state index in [0.29, 0.717) is 0 Å². The summed E-state index contributed by atoms with van der Waals surface area (Å²) in [6, 6.07) is 1.57. The summed E-state index contributed by atoms with van der Waals surface area (Å²) in [5, 5.41) is 3.82. The van der Waals surface area contributed by atoms with Crippen molar-refractivity contribution in [3.63, 3.8) is 0 Å². The molecule has 2 fully saturated rings. The van der Waals surface area contributed by atoms with Crippen LogP contribution < -0.4 is 5.32 Å². The summed E-state index contributed by atoms with van der Waals surface area (Å²) in [5.41, 5.74) is 0. The van der Waals surface area contributed by atoms with Crippen LogP contribution in [0.5, 0.6) is 0 Å². The first-order chi connectivity index (χ1) is 7.29. The first-order valence-electron chi connectivity index (χ1n) is 6.78. The Morgan fingerprint density at radius 1 is 1.20 bits per heavy atom. The van der Waals surface area contributed by atoms with Gasteiger partial charge in [0.25, 0.3) is 0 Å². The summed E-state index contributed by atoms with van der Waals surface area (Å²) in [4.78, 5) is 2.61. The van der Waals surface area contributed by atoms with Crippen molar-refractivity contribution in [2.75, 3.05) is 19.6 Å². The Morgan fingerprint density at radius 2 is 1.87 bits per heavy atom. The van der Waals surface area contributed by atoms with Crippen molar-refractivity contribution < 1.29 is 0 Å². The average Bonchev–Trinajstić information content (AvgIpc) is 3.04. The highest BCUT2D eigenvalue weighted by Crippen LogP contribution is 2.32. The van der Waals surface area contributed by atoms with Gasteiger partial charge in [0.05, 0.1) is 0 Å². The SMILES string of the molecule is CCCN1CCC(NC(C)C2CC2)CC1. The number of piperidine rings is 1. The third-order valence-electron chi connectivity index (χ3n) is 3.96. The zero-order chi connectivity index (χ0) is 10.7.